The number of hydrogen-bond acceptors (Lipinski definition) is 2. The van der Waals surface area contributed by atoms with Gasteiger partial charge in [-0.15, -0.1) is 11.8 Å². The van der Waals surface area contributed by atoms with Crippen molar-refractivity contribution in [1.82, 2.24) is 0 Å². The van der Waals surface area contributed by atoms with Gasteiger partial charge in [0.1, 0.15) is 11.4 Å². The van der Waals surface area contributed by atoms with E-state index in [9.17, 15) is 0 Å². The van der Waals surface area contributed by atoms with Crippen molar-refractivity contribution >= 4 is 11.8 Å². The second-order valence-corrected chi connectivity index (χ2v) is 6.07. The minimum absolute atomic E-state index is 0.0404. The van der Waals surface area contributed by atoms with E-state index < -0.39 is 0 Å². The molecule has 0 aliphatic carbocycles. The summed E-state index contributed by atoms with van der Waals surface area (Å²) in [4.78, 5) is 1.43. The summed E-state index contributed by atoms with van der Waals surface area (Å²) in [5.41, 5.74) is 5.48. The molecule has 1 aliphatic heterocycles. The maximum atomic E-state index is 6.08. The summed E-state index contributed by atoms with van der Waals surface area (Å²) < 4.78 is 6.08. The molecule has 2 heteroatoms. The Balaban J connectivity index is 0.000000771. The second-order valence-electron chi connectivity index (χ2n) is 5.25. The molecule has 1 aromatic rings. The fourth-order valence-electron chi connectivity index (χ4n) is 2.55. The van der Waals surface area contributed by atoms with Crippen LogP contribution >= 0.6 is 11.8 Å². The molecule has 0 bridgehead atoms. The van der Waals surface area contributed by atoms with Gasteiger partial charge in [0.05, 0.1) is 0 Å². The van der Waals surface area contributed by atoms with Gasteiger partial charge in [-0.1, -0.05) is 13.8 Å². The number of benzene rings is 1. The number of hydrogen-bond donors (Lipinski definition) is 0. The van der Waals surface area contributed by atoms with E-state index in [1.54, 1.807) is 0 Å². The van der Waals surface area contributed by atoms with Gasteiger partial charge in [-0.25, -0.2) is 0 Å². The van der Waals surface area contributed by atoms with Gasteiger partial charge in [0, 0.05) is 16.9 Å². The van der Waals surface area contributed by atoms with E-state index in [-0.39, 0.29) is 5.60 Å². The fraction of sp³-hybridized carbons (Fsp3) is 0.625. The molecular formula is C16H26OS. The van der Waals surface area contributed by atoms with Crippen molar-refractivity contribution < 1.29 is 4.74 Å². The topological polar surface area (TPSA) is 9.23 Å². The number of rotatable bonds is 1. The highest BCUT2D eigenvalue weighted by Crippen LogP contribution is 2.44. The quantitative estimate of drug-likeness (QED) is 0.656. The summed E-state index contributed by atoms with van der Waals surface area (Å²) in [5.74, 6) is 1.14. The maximum absolute atomic E-state index is 6.08. The van der Waals surface area contributed by atoms with Crippen LogP contribution in [0.5, 0.6) is 5.75 Å². The molecule has 0 fully saturated rings. The van der Waals surface area contributed by atoms with Crippen molar-refractivity contribution in [2.45, 2.75) is 65.4 Å². The number of ether oxygens (including phenoxy) is 1. The molecule has 0 atom stereocenters. The zero-order valence-corrected chi connectivity index (χ0v) is 13.8. The van der Waals surface area contributed by atoms with Crippen LogP contribution in [0.25, 0.3) is 0 Å². The molecule has 0 radical (unpaired) electrons. The Morgan fingerprint density at radius 3 is 2.06 bits per heavy atom. The minimum Gasteiger partial charge on any atom is -0.487 e. The Labute approximate surface area is 116 Å². The van der Waals surface area contributed by atoms with Gasteiger partial charge in [0.15, 0.2) is 0 Å². The van der Waals surface area contributed by atoms with Gasteiger partial charge in [-0.3, -0.25) is 0 Å². The fourth-order valence-corrected chi connectivity index (χ4v) is 3.44. The van der Waals surface area contributed by atoms with Crippen LogP contribution in [0.2, 0.25) is 0 Å². The van der Waals surface area contributed by atoms with Crippen LogP contribution in [0.3, 0.4) is 0 Å². The van der Waals surface area contributed by atoms with Gasteiger partial charge in [-0.05, 0) is 57.6 Å². The summed E-state index contributed by atoms with van der Waals surface area (Å²) in [6.45, 7) is 14.9. The molecule has 0 saturated heterocycles. The van der Waals surface area contributed by atoms with E-state index >= 15 is 0 Å². The van der Waals surface area contributed by atoms with E-state index in [2.05, 4.69) is 40.9 Å². The van der Waals surface area contributed by atoms with E-state index in [0.29, 0.717) is 0 Å². The third-order valence-corrected chi connectivity index (χ3v) is 4.52. The highest BCUT2D eigenvalue weighted by Gasteiger charge is 2.34. The van der Waals surface area contributed by atoms with Gasteiger partial charge in [0.2, 0.25) is 0 Å². The summed E-state index contributed by atoms with van der Waals surface area (Å²) in [6, 6.07) is 0. The molecule has 2 rings (SSSR count). The van der Waals surface area contributed by atoms with E-state index in [0.717, 1.165) is 12.2 Å². The molecule has 102 valence electrons. The zero-order valence-electron chi connectivity index (χ0n) is 13.0. The predicted octanol–water partition coefficient (Wildman–Crippen LogP) is 5.07. The third-order valence-electron chi connectivity index (χ3n) is 3.50. The van der Waals surface area contributed by atoms with Crippen molar-refractivity contribution in [3.05, 3.63) is 22.3 Å². The molecule has 0 aromatic heterocycles. The van der Waals surface area contributed by atoms with E-state index in [4.69, 9.17) is 4.74 Å². The molecule has 0 amide bonds. The summed E-state index contributed by atoms with van der Waals surface area (Å²) in [7, 11) is 0. The molecule has 0 N–H and O–H groups in total. The van der Waals surface area contributed by atoms with Crippen LogP contribution in [0.4, 0.5) is 0 Å². The molecule has 1 aromatic carbocycles. The second kappa shape index (κ2) is 5.56. The van der Waals surface area contributed by atoms with Crippen LogP contribution in [0.1, 0.15) is 49.9 Å². The molecule has 18 heavy (non-hydrogen) atoms. The highest BCUT2D eigenvalue weighted by atomic mass is 32.2. The van der Waals surface area contributed by atoms with Crippen LogP contribution in [-0.4, -0.2) is 11.9 Å². The highest BCUT2D eigenvalue weighted by molar-refractivity contribution is 7.98. The first-order chi connectivity index (χ1) is 8.37. The lowest BCUT2D eigenvalue weighted by molar-refractivity contribution is 0.137. The van der Waals surface area contributed by atoms with Crippen LogP contribution in [-0.2, 0) is 6.42 Å². The van der Waals surface area contributed by atoms with Crippen LogP contribution in [0, 0.1) is 20.8 Å². The first-order valence-electron chi connectivity index (χ1n) is 6.73. The van der Waals surface area contributed by atoms with Crippen molar-refractivity contribution in [3.63, 3.8) is 0 Å². The third kappa shape index (κ3) is 2.54. The largest absolute Gasteiger partial charge is 0.487 e. The summed E-state index contributed by atoms with van der Waals surface area (Å²) >= 11 is 1.85. The van der Waals surface area contributed by atoms with Gasteiger partial charge >= 0.3 is 0 Å². The smallest absolute Gasteiger partial charge is 0.126 e. The molecule has 1 aliphatic rings. The molecule has 0 unspecified atom stereocenters. The Morgan fingerprint density at radius 1 is 1.00 bits per heavy atom. The van der Waals surface area contributed by atoms with Crippen molar-refractivity contribution in [1.29, 1.82) is 0 Å². The lowest BCUT2D eigenvalue weighted by Gasteiger charge is -2.18. The van der Waals surface area contributed by atoms with Crippen molar-refractivity contribution in [2.24, 2.45) is 0 Å². The average molecular weight is 266 g/mol. The first-order valence-corrected chi connectivity index (χ1v) is 7.95. The Morgan fingerprint density at radius 2 is 1.56 bits per heavy atom. The van der Waals surface area contributed by atoms with Crippen LogP contribution in [0.15, 0.2) is 4.90 Å². The average Bonchev–Trinajstić information content (AvgIpc) is 2.66. The zero-order chi connectivity index (χ0) is 14.1. The number of fused-ring (bicyclic) bond motifs is 1. The molecule has 0 saturated carbocycles. The lowest BCUT2D eigenvalue weighted by Crippen LogP contribution is -2.24. The number of thioether (sulfide) groups is 1. The Kier molecular flexibility index (Phi) is 4.77. The van der Waals surface area contributed by atoms with Gasteiger partial charge in [0.25, 0.3) is 0 Å². The summed E-state index contributed by atoms with van der Waals surface area (Å²) in [6.07, 6.45) is 3.19. The molecule has 1 heterocycles. The monoisotopic (exact) mass is 266 g/mol. The maximum Gasteiger partial charge on any atom is 0.126 e. The first kappa shape index (κ1) is 15.4. The minimum atomic E-state index is -0.0404. The van der Waals surface area contributed by atoms with Crippen molar-refractivity contribution in [3.8, 4) is 5.75 Å². The standard InChI is InChI=1S/C14H20OS.C2H6/c1-8-9(2)13(16-6)10(3)11-7-14(4,5)15-12(8)11;1-2/h7H2,1-6H3;1-2H3. The van der Waals surface area contributed by atoms with E-state index in [1.807, 2.05) is 25.6 Å². The molecule has 0 spiro atoms. The Hall–Kier alpha value is -0.630. The molecule has 1 nitrogen and oxygen atoms in total. The van der Waals surface area contributed by atoms with Gasteiger partial charge < -0.3 is 4.74 Å². The van der Waals surface area contributed by atoms with Crippen molar-refractivity contribution in [2.75, 3.05) is 6.26 Å². The van der Waals surface area contributed by atoms with Gasteiger partial charge in [-0.2, -0.15) is 0 Å². The SMILES string of the molecule is CC.CSc1c(C)c(C)c2c(c1C)CC(C)(C)O2. The molecular weight excluding hydrogens is 240 g/mol. The summed E-state index contributed by atoms with van der Waals surface area (Å²) in [5, 5.41) is 0. The predicted molar refractivity (Wildman–Crippen MR) is 82.2 cm³/mol. The van der Waals surface area contributed by atoms with E-state index in [1.165, 1.54) is 27.1 Å². The van der Waals surface area contributed by atoms with Crippen LogP contribution < -0.4 is 4.74 Å². The lowest BCUT2D eigenvalue weighted by atomic mass is 9.94. The normalized spacial score (nSPS) is 15.6. The Bertz CT molecular complexity index is 447.